The highest BCUT2D eigenvalue weighted by Crippen LogP contribution is 2.22. The van der Waals surface area contributed by atoms with Crippen LogP contribution in [0.4, 0.5) is 10.1 Å². The average Bonchev–Trinajstić information content (AvgIpc) is 2.68. The Morgan fingerprint density at radius 1 is 1.00 bits per heavy atom. The second-order valence-electron chi connectivity index (χ2n) is 6.18. The van der Waals surface area contributed by atoms with Crippen LogP contribution in [0.3, 0.4) is 0 Å². The fraction of sp³-hybridized carbons (Fsp3) is 0.0476. The second kappa shape index (κ2) is 6.92. The molecule has 6 heteroatoms. The molecule has 0 amide bonds. The summed E-state index contributed by atoms with van der Waals surface area (Å²) in [5.41, 5.74) is 9.70. The first-order valence-corrected chi connectivity index (χ1v) is 8.34. The number of nitrogens with zero attached hydrogens (tertiary/aromatic N) is 3. The fourth-order valence-corrected chi connectivity index (χ4v) is 2.82. The minimum Gasteiger partial charge on any atom is -0.397 e. The third-order valence-electron chi connectivity index (χ3n) is 4.19. The molecule has 0 spiro atoms. The van der Waals surface area contributed by atoms with Gasteiger partial charge in [-0.25, -0.2) is 9.37 Å². The number of aromatic nitrogens is 3. The molecule has 27 heavy (non-hydrogen) atoms. The predicted molar refractivity (Wildman–Crippen MR) is 102 cm³/mol. The highest BCUT2D eigenvalue weighted by molar-refractivity contribution is 5.97. The van der Waals surface area contributed by atoms with Gasteiger partial charge >= 0.3 is 0 Å². The highest BCUT2D eigenvalue weighted by atomic mass is 19.1. The van der Waals surface area contributed by atoms with Crippen molar-refractivity contribution in [1.82, 2.24) is 15.0 Å². The Hall–Kier alpha value is -3.67. The molecule has 4 rings (SSSR count). The van der Waals surface area contributed by atoms with Crippen molar-refractivity contribution >= 4 is 22.4 Å². The Bertz CT molecular complexity index is 1140. The van der Waals surface area contributed by atoms with Gasteiger partial charge in [-0.15, -0.1) is 0 Å². The molecule has 0 unspecified atom stereocenters. The maximum atomic E-state index is 13.0. The summed E-state index contributed by atoms with van der Waals surface area (Å²) >= 11 is 0. The standard InChI is InChI=1S/C21H15FN4O/c22-16-4-1-13(2-5-16)21(27)9-18-8-20-14(11-25-18)3-6-19(26-20)15-7-17(23)12-24-10-15/h1-8,10-12H,9,23H2. The molecule has 3 heterocycles. The van der Waals surface area contributed by atoms with E-state index in [2.05, 4.69) is 15.0 Å². The van der Waals surface area contributed by atoms with Crippen molar-refractivity contribution in [3.8, 4) is 11.3 Å². The van der Waals surface area contributed by atoms with E-state index in [1.165, 1.54) is 24.3 Å². The quantitative estimate of drug-likeness (QED) is 0.561. The van der Waals surface area contributed by atoms with Crippen molar-refractivity contribution in [2.45, 2.75) is 6.42 Å². The first-order chi connectivity index (χ1) is 13.1. The number of anilines is 1. The van der Waals surface area contributed by atoms with Gasteiger partial charge in [0.15, 0.2) is 5.78 Å². The number of benzene rings is 1. The zero-order chi connectivity index (χ0) is 18.8. The van der Waals surface area contributed by atoms with Gasteiger partial charge in [-0.05, 0) is 48.5 Å². The molecule has 0 aliphatic rings. The lowest BCUT2D eigenvalue weighted by Gasteiger charge is -2.06. The zero-order valence-corrected chi connectivity index (χ0v) is 14.3. The lowest BCUT2D eigenvalue weighted by atomic mass is 10.1. The molecule has 0 atom stereocenters. The van der Waals surface area contributed by atoms with E-state index in [-0.39, 0.29) is 18.0 Å². The van der Waals surface area contributed by atoms with Crippen LogP contribution in [0.15, 0.2) is 67.1 Å². The van der Waals surface area contributed by atoms with Crippen LogP contribution < -0.4 is 5.73 Å². The van der Waals surface area contributed by atoms with Gasteiger partial charge in [-0.1, -0.05) is 0 Å². The van der Waals surface area contributed by atoms with E-state index in [0.717, 1.165) is 22.2 Å². The molecule has 132 valence electrons. The number of nitrogen functional groups attached to an aromatic ring is 1. The molecular weight excluding hydrogens is 343 g/mol. The first-order valence-electron chi connectivity index (χ1n) is 8.34. The minimum atomic E-state index is -0.372. The molecule has 0 saturated heterocycles. The van der Waals surface area contributed by atoms with Crippen molar-refractivity contribution in [2.75, 3.05) is 5.73 Å². The normalized spacial score (nSPS) is 10.9. The molecule has 0 fully saturated rings. The van der Waals surface area contributed by atoms with Gasteiger partial charge in [-0.3, -0.25) is 14.8 Å². The van der Waals surface area contributed by atoms with Crippen molar-refractivity contribution in [3.05, 3.63) is 84.2 Å². The number of ketones is 1. The molecular formula is C21H15FN4O. The Labute approximate surface area is 154 Å². The van der Waals surface area contributed by atoms with Gasteiger partial charge in [0.25, 0.3) is 0 Å². The summed E-state index contributed by atoms with van der Waals surface area (Å²) in [6.07, 6.45) is 5.09. The van der Waals surface area contributed by atoms with Crippen LogP contribution in [0, 0.1) is 5.82 Å². The van der Waals surface area contributed by atoms with Crippen LogP contribution in [0.25, 0.3) is 22.2 Å². The summed E-state index contributed by atoms with van der Waals surface area (Å²) < 4.78 is 13.0. The molecule has 4 aromatic rings. The van der Waals surface area contributed by atoms with Gasteiger partial charge in [0.1, 0.15) is 5.82 Å². The minimum absolute atomic E-state index is 0.118. The van der Waals surface area contributed by atoms with E-state index in [4.69, 9.17) is 5.73 Å². The lowest BCUT2D eigenvalue weighted by Crippen LogP contribution is -2.05. The fourth-order valence-electron chi connectivity index (χ4n) is 2.82. The zero-order valence-electron chi connectivity index (χ0n) is 14.3. The van der Waals surface area contributed by atoms with E-state index < -0.39 is 0 Å². The first kappa shape index (κ1) is 16.8. The largest absolute Gasteiger partial charge is 0.397 e. The molecule has 1 aromatic carbocycles. The van der Waals surface area contributed by atoms with Gasteiger partial charge in [0.05, 0.1) is 29.0 Å². The van der Waals surface area contributed by atoms with E-state index >= 15 is 0 Å². The third-order valence-corrected chi connectivity index (χ3v) is 4.19. The van der Waals surface area contributed by atoms with E-state index in [0.29, 0.717) is 16.9 Å². The van der Waals surface area contributed by atoms with Crippen LogP contribution in [0.1, 0.15) is 16.1 Å². The number of Topliss-reactive ketones (excluding diaryl/α,β-unsaturated/α-hetero) is 1. The summed E-state index contributed by atoms with van der Waals surface area (Å²) in [6.45, 7) is 0. The Morgan fingerprint density at radius 3 is 2.59 bits per heavy atom. The number of nitrogens with two attached hydrogens (primary N) is 1. The van der Waals surface area contributed by atoms with Crippen molar-refractivity contribution in [2.24, 2.45) is 0 Å². The molecule has 0 aliphatic heterocycles. The molecule has 0 bridgehead atoms. The third kappa shape index (κ3) is 3.64. The maximum absolute atomic E-state index is 13.0. The number of halogens is 1. The molecule has 3 aromatic heterocycles. The van der Waals surface area contributed by atoms with Gasteiger partial charge in [0.2, 0.25) is 0 Å². The van der Waals surface area contributed by atoms with Crippen molar-refractivity contribution in [3.63, 3.8) is 0 Å². The summed E-state index contributed by atoms with van der Waals surface area (Å²) in [6, 6.07) is 12.9. The maximum Gasteiger partial charge on any atom is 0.168 e. The monoisotopic (exact) mass is 358 g/mol. The smallest absolute Gasteiger partial charge is 0.168 e. The molecule has 2 N–H and O–H groups in total. The number of hydrogen-bond acceptors (Lipinski definition) is 5. The number of carbonyl (C=O) groups is 1. The molecule has 0 aliphatic carbocycles. The summed E-state index contributed by atoms with van der Waals surface area (Å²) in [5.74, 6) is -0.499. The van der Waals surface area contributed by atoms with Gasteiger partial charge in [-0.2, -0.15) is 0 Å². The Balaban J connectivity index is 1.64. The summed E-state index contributed by atoms with van der Waals surface area (Å²) in [7, 11) is 0. The van der Waals surface area contributed by atoms with Crippen LogP contribution in [-0.4, -0.2) is 20.7 Å². The van der Waals surface area contributed by atoms with Crippen LogP contribution >= 0.6 is 0 Å². The number of pyridine rings is 3. The average molecular weight is 358 g/mol. The molecule has 5 nitrogen and oxygen atoms in total. The molecule has 0 radical (unpaired) electrons. The number of hydrogen-bond donors (Lipinski definition) is 1. The van der Waals surface area contributed by atoms with E-state index in [1.807, 2.05) is 12.1 Å². The lowest BCUT2D eigenvalue weighted by molar-refractivity contribution is 0.0992. The van der Waals surface area contributed by atoms with E-state index in [9.17, 15) is 9.18 Å². The molecule has 0 saturated carbocycles. The highest BCUT2D eigenvalue weighted by Gasteiger charge is 2.10. The van der Waals surface area contributed by atoms with E-state index in [1.54, 1.807) is 30.7 Å². The second-order valence-corrected chi connectivity index (χ2v) is 6.18. The summed E-state index contributed by atoms with van der Waals surface area (Å²) in [5, 5.41) is 0.869. The van der Waals surface area contributed by atoms with Gasteiger partial charge < -0.3 is 5.73 Å². The van der Waals surface area contributed by atoms with Crippen molar-refractivity contribution in [1.29, 1.82) is 0 Å². The van der Waals surface area contributed by atoms with Crippen LogP contribution in [0.2, 0.25) is 0 Å². The van der Waals surface area contributed by atoms with Gasteiger partial charge in [0, 0.05) is 35.1 Å². The predicted octanol–water partition coefficient (Wildman–Crippen LogP) is 3.84. The van der Waals surface area contributed by atoms with Crippen molar-refractivity contribution < 1.29 is 9.18 Å². The Morgan fingerprint density at radius 2 is 1.81 bits per heavy atom. The Kier molecular flexibility index (Phi) is 4.30. The number of rotatable bonds is 4. The van der Waals surface area contributed by atoms with Crippen LogP contribution in [0.5, 0.6) is 0 Å². The summed E-state index contributed by atoms with van der Waals surface area (Å²) in [4.78, 5) is 25.5. The van der Waals surface area contributed by atoms with Crippen LogP contribution in [-0.2, 0) is 6.42 Å². The SMILES string of the molecule is Nc1cncc(-c2ccc3cnc(CC(=O)c4ccc(F)cc4)cc3n2)c1. The topological polar surface area (TPSA) is 81.8 Å². The number of carbonyl (C=O) groups excluding carboxylic acids is 1. The number of fused-ring (bicyclic) bond motifs is 1.